The molecule has 8 heteroatoms. The molecule has 0 saturated heterocycles. The molecule has 0 unspecified atom stereocenters. The van der Waals surface area contributed by atoms with Crippen molar-refractivity contribution in [3.8, 4) is 6.07 Å². The van der Waals surface area contributed by atoms with Gasteiger partial charge in [-0.1, -0.05) is 0 Å². The number of aromatic nitrogens is 1. The average Bonchev–Trinajstić information content (AvgIpc) is 2.15. The first kappa shape index (κ1) is 10.8. The molecule has 1 heterocycles. The van der Waals surface area contributed by atoms with Crippen LogP contribution in [0.1, 0.15) is 17.7 Å². The Morgan fingerprint density at radius 1 is 1.67 bits per heavy atom. The van der Waals surface area contributed by atoms with Crippen LogP contribution in [0.25, 0.3) is 0 Å². The van der Waals surface area contributed by atoms with Gasteiger partial charge in [-0.25, -0.2) is 8.78 Å². The Balaban J connectivity index is 3.51. The molecule has 6 nitrogen and oxygen atoms in total. The fourth-order valence-corrected chi connectivity index (χ4v) is 0.981. The van der Waals surface area contributed by atoms with Gasteiger partial charge in [-0.05, 0) is 9.91 Å². The van der Waals surface area contributed by atoms with Crippen molar-refractivity contribution in [1.82, 2.24) is 4.98 Å². The highest BCUT2D eigenvalue weighted by Crippen LogP contribution is 2.32. The molecule has 0 spiro atoms. The van der Waals surface area contributed by atoms with E-state index in [0.29, 0.717) is 0 Å². The Bertz CT molecular complexity index is 455. The van der Waals surface area contributed by atoms with Crippen LogP contribution >= 0.6 is 0 Å². The molecular weight excluding hydrogens is 210 g/mol. The Morgan fingerprint density at radius 2 is 2.27 bits per heavy atom. The van der Waals surface area contributed by atoms with Gasteiger partial charge in [0.05, 0.1) is 5.69 Å². The van der Waals surface area contributed by atoms with Crippen LogP contribution < -0.4 is 5.73 Å². The van der Waals surface area contributed by atoms with Crippen LogP contribution in [0.15, 0.2) is 6.07 Å². The van der Waals surface area contributed by atoms with Crippen molar-refractivity contribution in [3.63, 3.8) is 0 Å². The zero-order valence-corrected chi connectivity index (χ0v) is 7.15. The van der Waals surface area contributed by atoms with Crippen molar-refractivity contribution in [2.45, 2.75) is 6.43 Å². The molecule has 78 valence electrons. The van der Waals surface area contributed by atoms with Crippen LogP contribution in [-0.4, -0.2) is 9.91 Å². The van der Waals surface area contributed by atoms with Crippen molar-refractivity contribution in [3.05, 3.63) is 27.4 Å². The van der Waals surface area contributed by atoms with Crippen molar-refractivity contribution < 1.29 is 13.7 Å². The van der Waals surface area contributed by atoms with Crippen molar-refractivity contribution in [2.24, 2.45) is 0 Å². The van der Waals surface area contributed by atoms with E-state index in [-0.39, 0.29) is 5.69 Å². The van der Waals surface area contributed by atoms with Gasteiger partial charge < -0.3 is 15.8 Å². The topological polar surface area (TPSA) is 106 Å². The Morgan fingerprint density at radius 3 is 2.67 bits per heavy atom. The molecule has 0 amide bonds. The fraction of sp³-hybridized carbons (Fsp3) is 0.143. The van der Waals surface area contributed by atoms with Gasteiger partial charge >= 0.3 is 5.82 Å². The van der Waals surface area contributed by atoms with Gasteiger partial charge in [-0.15, -0.1) is 0 Å². The number of anilines is 1. The summed E-state index contributed by atoms with van der Waals surface area (Å²) in [6.45, 7) is 0. The van der Waals surface area contributed by atoms with E-state index >= 15 is 0 Å². The van der Waals surface area contributed by atoms with E-state index in [9.17, 15) is 18.9 Å². The second-order valence-corrected chi connectivity index (χ2v) is 2.50. The summed E-state index contributed by atoms with van der Waals surface area (Å²) in [6.07, 6.45) is -3.11. The number of rotatable bonds is 2. The van der Waals surface area contributed by atoms with Gasteiger partial charge in [-0.2, -0.15) is 5.26 Å². The van der Waals surface area contributed by atoms with Crippen LogP contribution in [0.2, 0.25) is 0 Å². The summed E-state index contributed by atoms with van der Waals surface area (Å²) in [5.41, 5.74) is 3.32. The normalized spacial score (nSPS) is 10.0. The van der Waals surface area contributed by atoms with E-state index < -0.39 is 28.4 Å². The summed E-state index contributed by atoms with van der Waals surface area (Å²) < 4.78 is 24.8. The van der Waals surface area contributed by atoms with Crippen LogP contribution in [0.4, 0.5) is 20.3 Å². The summed E-state index contributed by atoms with van der Waals surface area (Å²) in [4.78, 5) is 12.4. The summed E-state index contributed by atoms with van der Waals surface area (Å²) in [5, 5.41) is 18.8. The SMILES string of the molecule is N#Cc1cc(N)c(C(F)F)c([N+](=O)[O-])n1. The number of alkyl halides is 2. The van der Waals surface area contributed by atoms with Gasteiger partial charge in [0, 0.05) is 6.07 Å². The smallest absolute Gasteiger partial charge is 0.375 e. The molecule has 2 N–H and O–H groups in total. The number of hydrogen-bond donors (Lipinski definition) is 1. The van der Waals surface area contributed by atoms with Crippen LogP contribution in [-0.2, 0) is 0 Å². The third-order valence-electron chi connectivity index (χ3n) is 1.58. The maximum atomic E-state index is 12.4. The number of nitro groups is 1. The predicted octanol–water partition coefficient (Wildman–Crippen LogP) is 1.38. The second kappa shape index (κ2) is 3.83. The van der Waals surface area contributed by atoms with Gasteiger partial charge in [0.15, 0.2) is 0 Å². The number of halogens is 2. The third kappa shape index (κ3) is 1.96. The number of nitriles is 1. The van der Waals surface area contributed by atoms with Gasteiger partial charge in [0.25, 0.3) is 12.1 Å². The summed E-state index contributed by atoms with van der Waals surface area (Å²) in [5.74, 6) is -1.08. The van der Waals surface area contributed by atoms with Gasteiger partial charge in [-0.3, -0.25) is 0 Å². The number of nitrogens with zero attached hydrogens (tertiary/aromatic N) is 3. The second-order valence-electron chi connectivity index (χ2n) is 2.50. The minimum absolute atomic E-state index is 0.372. The van der Waals surface area contributed by atoms with E-state index in [0.717, 1.165) is 6.07 Å². The summed E-state index contributed by atoms with van der Waals surface area (Å²) >= 11 is 0. The molecule has 0 aliphatic carbocycles. The Kier molecular flexibility index (Phi) is 2.75. The molecule has 1 aromatic heterocycles. The van der Waals surface area contributed by atoms with Crippen LogP contribution in [0, 0.1) is 21.4 Å². The third-order valence-corrected chi connectivity index (χ3v) is 1.58. The molecule has 1 rings (SSSR count). The summed E-state index contributed by atoms with van der Waals surface area (Å²) in [7, 11) is 0. The molecule has 15 heavy (non-hydrogen) atoms. The Hall–Kier alpha value is -2.30. The molecule has 0 aliphatic heterocycles. The van der Waals surface area contributed by atoms with Crippen molar-refractivity contribution >= 4 is 11.5 Å². The zero-order valence-electron chi connectivity index (χ0n) is 7.15. The van der Waals surface area contributed by atoms with E-state index in [1.165, 1.54) is 6.07 Å². The zero-order chi connectivity index (χ0) is 11.6. The highest BCUT2D eigenvalue weighted by atomic mass is 19.3. The lowest BCUT2D eigenvalue weighted by atomic mass is 10.2. The van der Waals surface area contributed by atoms with E-state index in [2.05, 4.69) is 4.98 Å². The Labute approximate surface area is 82.1 Å². The van der Waals surface area contributed by atoms with E-state index in [1.54, 1.807) is 0 Å². The first-order valence-electron chi connectivity index (χ1n) is 3.60. The molecule has 0 aromatic carbocycles. The fourth-order valence-electron chi connectivity index (χ4n) is 0.981. The molecule has 0 atom stereocenters. The van der Waals surface area contributed by atoms with E-state index in [1.807, 2.05) is 0 Å². The molecular formula is C7H4F2N4O2. The minimum atomic E-state index is -3.11. The number of pyridine rings is 1. The summed E-state index contributed by atoms with van der Waals surface area (Å²) in [6, 6.07) is 2.36. The van der Waals surface area contributed by atoms with E-state index in [4.69, 9.17) is 11.0 Å². The molecule has 1 aromatic rings. The molecule has 0 saturated carbocycles. The molecule has 0 bridgehead atoms. The average molecular weight is 214 g/mol. The maximum Gasteiger partial charge on any atom is 0.375 e. The van der Waals surface area contributed by atoms with Crippen LogP contribution in [0.3, 0.4) is 0 Å². The van der Waals surface area contributed by atoms with Crippen molar-refractivity contribution in [2.75, 3.05) is 5.73 Å². The lowest BCUT2D eigenvalue weighted by Gasteiger charge is -2.04. The predicted molar refractivity (Wildman–Crippen MR) is 45.0 cm³/mol. The standard InChI is InChI=1S/C7H4F2N4O2/c8-6(9)5-4(11)1-3(2-10)12-7(5)13(14)15/h1,6H,(H2,11,12). The molecule has 0 radical (unpaired) electrons. The lowest BCUT2D eigenvalue weighted by Crippen LogP contribution is -2.05. The molecule has 0 aliphatic rings. The van der Waals surface area contributed by atoms with Gasteiger partial charge in [0.2, 0.25) is 0 Å². The number of nitrogen functional groups attached to an aromatic ring is 1. The quantitative estimate of drug-likeness (QED) is 0.591. The van der Waals surface area contributed by atoms with Crippen molar-refractivity contribution in [1.29, 1.82) is 5.26 Å². The largest absolute Gasteiger partial charge is 0.398 e. The monoisotopic (exact) mass is 214 g/mol. The highest BCUT2D eigenvalue weighted by Gasteiger charge is 2.27. The first-order valence-corrected chi connectivity index (χ1v) is 3.60. The molecule has 0 fully saturated rings. The van der Waals surface area contributed by atoms with Crippen LogP contribution in [0.5, 0.6) is 0 Å². The first-order chi connectivity index (χ1) is 6.97. The number of hydrogen-bond acceptors (Lipinski definition) is 5. The lowest BCUT2D eigenvalue weighted by molar-refractivity contribution is -0.391. The number of nitrogens with two attached hydrogens (primary N) is 1. The van der Waals surface area contributed by atoms with Gasteiger partial charge in [0.1, 0.15) is 11.6 Å². The highest BCUT2D eigenvalue weighted by molar-refractivity contribution is 5.57. The minimum Gasteiger partial charge on any atom is -0.398 e. The maximum absolute atomic E-state index is 12.4.